The van der Waals surface area contributed by atoms with Gasteiger partial charge in [0, 0.05) is 19.2 Å². The van der Waals surface area contributed by atoms with Crippen LogP contribution in [0.3, 0.4) is 0 Å². The first-order valence-corrected chi connectivity index (χ1v) is 5.48. The molecule has 2 N–H and O–H groups in total. The second kappa shape index (κ2) is 4.75. The van der Waals surface area contributed by atoms with Crippen molar-refractivity contribution < 1.29 is 15.0 Å². The van der Waals surface area contributed by atoms with Gasteiger partial charge in [0.15, 0.2) is 0 Å². The van der Waals surface area contributed by atoms with Gasteiger partial charge in [-0.15, -0.1) is 0 Å². The van der Waals surface area contributed by atoms with Crippen LogP contribution in [0.1, 0.15) is 29.8 Å². The predicted octanol–water partition coefficient (Wildman–Crippen LogP) is 1.54. The number of hydrogen-bond donors (Lipinski definition) is 2. The van der Waals surface area contributed by atoms with E-state index in [1.165, 1.54) is 11.0 Å². The smallest absolute Gasteiger partial charge is 0.253 e. The molecule has 0 aliphatic rings. The molecule has 4 nitrogen and oxygen atoms in total. The summed E-state index contributed by atoms with van der Waals surface area (Å²) in [6.07, 6.45) is 0. The summed E-state index contributed by atoms with van der Waals surface area (Å²) in [5, 5.41) is 19.2. The molecule has 4 heteroatoms. The van der Waals surface area contributed by atoms with Crippen molar-refractivity contribution in [3.8, 4) is 5.75 Å². The number of rotatable bonds is 3. The first-order valence-electron chi connectivity index (χ1n) is 5.48. The molecule has 1 rings (SSSR count). The molecule has 0 spiro atoms. The Morgan fingerprint density at radius 3 is 2.47 bits per heavy atom. The summed E-state index contributed by atoms with van der Waals surface area (Å²) < 4.78 is 0. The lowest BCUT2D eigenvalue weighted by Gasteiger charge is -2.25. The maximum absolute atomic E-state index is 12.0. The predicted molar refractivity (Wildman–Crippen MR) is 66.1 cm³/mol. The molecule has 0 radical (unpaired) electrons. The van der Waals surface area contributed by atoms with Gasteiger partial charge in [-0.25, -0.2) is 0 Å². The molecule has 0 aliphatic carbocycles. The van der Waals surface area contributed by atoms with E-state index in [1.807, 2.05) is 0 Å². The number of benzene rings is 1. The molecule has 0 heterocycles. The van der Waals surface area contributed by atoms with Crippen molar-refractivity contribution in [2.75, 3.05) is 13.6 Å². The standard InChI is InChI=1S/C13H19NO3/c1-9-5-6-10(7-11(9)15)12(16)14(4)8-13(2,3)17/h5-7,15,17H,8H2,1-4H3. The molecule has 0 unspecified atom stereocenters. The van der Waals surface area contributed by atoms with E-state index in [1.54, 1.807) is 40.0 Å². The molecule has 0 aliphatic heterocycles. The third-order valence-corrected chi connectivity index (χ3v) is 2.43. The third-order valence-electron chi connectivity index (χ3n) is 2.43. The van der Waals surface area contributed by atoms with Gasteiger partial charge in [0.2, 0.25) is 0 Å². The lowest BCUT2D eigenvalue weighted by Crippen LogP contribution is -2.39. The maximum Gasteiger partial charge on any atom is 0.253 e. The topological polar surface area (TPSA) is 60.8 Å². The van der Waals surface area contributed by atoms with E-state index < -0.39 is 5.60 Å². The van der Waals surface area contributed by atoms with Crippen LogP contribution < -0.4 is 0 Å². The zero-order chi connectivity index (χ0) is 13.2. The second-order valence-electron chi connectivity index (χ2n) is 4.97. The Morgan fingerprint density at radius 1 is 1.41 bits per heavy atom. The summed E-state index contributed by atoms with van der Waals surface area (Å²) >= 11 is 0. The normalized spacial score (nSPS) is 11.4. The lowest BCUT2D eigenvalue weighted by atomic mass is 10.1. The van der Waals surface area contributed by atoms with E-state index in [-0.39, 0.29) is 18.2 Å². The second-order valence-corrected chi connectivity index (χ2v) is 4.97. The van der Waals surface area contributed by atoms with Crippen molar-refractivity contribution in [3.05, 3.63) is 29.3 Å². The Labute approximate surface area is 101 Å². The van der Waals surface area contributed by atoms with Crippen LogP contribution >= 0.6 is 0 Å². The zero-order valence-electron chi connectivity index (χ0n) is 10.7. The molecular weight excluding hydrogens is 218 g/mol. The number of likely N-dealkylation sites (N-methyl/N-ethyl adjacent to an activating group) is 1. The van der Waals surface area contributed by atoms with E-state index in [9.17, 15) is 15.0 Å². The fourth-order valence-electron chi connectivity index (χ4n) is 1.62. The molecular formula is C13H19NO3. The largest absolute Gasteiger partial charge is 0.508 e. The summed E-state index contributed by atoms with van der Waals surface area (Å²) in [5.41, 5.74) is 0.212. The Bertz CT molecular complexity index is 421. The van der Waals surface area contributed by atoms with Gasteiger partial charge < -0.3 is 15.1 Å². The van der Waals surface area contributed by atoms with Gasteiger partial charge >= 0.3 is 0 Å². The van der Waals surface area contributed by atoms with E-state index in [2.05, 4.69) is 0 Å². The summed E-state index contributed by atoms with van der Waals surface area (Å²) in [4.78, 5) is 13.4. The number of phenols is 1. The fourth-order valence-corrected chi connectivity index (χ4v) is 1.62. The quantitative estimate of drug-likeness (QED) is 0.838. The summed E-state index contributed by atoms with van der Waals surface area (Å²) in [6.45, 7) is 5.29. The Balaban J connectivity index is 2.85. The van der Waals surface area contributed by atoms with Crippen LogP contribution in [0.2, 0.25) is 0 Å². The SMILES string of the molecule is Cc1ccc(C(=O)N(C)CC(C)(C)O)cc1O. The minimum Gasteiger partial charge on any atom is -0.508 e. The molecule has 1 amide bonds. The average molecular weight is 237 g/mol. The zero-order valence-corrected chi connectivity index (χ0v) is 10.7. The van der Waals surface area contributed by atoms with E-state index >= 15 is 0 Å². The van der Waals surface area contributed by atoms with E-state index in [0.717, 1.165) is 5.56 Å². The Kier molecular flexibility index (Phi) is 3.78. The first-order chi connectivity index (χ1) is 7.70. The van der Waals surface area contributed by atoms with Gasteiger partial charge in [0.25, 0.3) is 5.91 Å². The number of amides is 1. The van der Waals surface area contributed by atoms with Crippen LogP contribution in [-0.2, 0) is 0 Å². The monoisotopic (exact) mass is 237 g/mol. The van der Waals surface area contributed by atoms with Crippen LogP contribution in [0.15, 0.2) is 18.2 Å². The number of aliphatic hydroxyl groups is 1. The van der Waals surface area contributed by atoms with Crippen LogP contribution in [0, 0.1) is 6.92 Å². The molecule has 1 aromatic rings. The minimum atomic E-state index is -0.933. The van der Waals surface area contributed by atoms with Crippen molar-refractivity contribution in [3.63, 3.8) is 0 Å². The van der Waals surface area contributed by atoms with Gasteiger partial charge in [-0.2, -0.15) is 0 Å². The Morgan fingerprint density at radius 2 is 2.00 bits per heavy atom. The number of aromatic hydroxyl groups is 1. The van der Waals surface area contributed by atoms with Crippen LogP contribution in [0.25, 0.3) is 0 Å². The molecule has 0 fully saturated rings. The highest BCUT2D eigenvalue weighted by atomic mass is 16.3. The first kappa shape index (κ1) is 13.5. The number of carbonyl (C=O) groups excluding carboxylic acids is 1. The summed E-state index contributed by atoms with van der Waals surface area (Å²) in [5.74, 6) is -0.116. The molecule has 1 aromatic carbocycles. The van der Waals surface area contributed by atoms with Crippen molar-refractivity contribution in [1.29, 1.82) is 0 Å². The van der Waals surface area contributed by atoms with Crippen molar-refractivity contribution in [2.24, 2.45) is 0 Å². The number of aryl methyl sites for hydroxylation is 1. The highest BCUT2D eigenvalue weighted by Crippen LogP contribution is 2.18. The molecule has 0 aromatic heterocycles. The van der Waals surface area contributed by atoms with Crippen molar-refractivity contribution in [1.82, 2.24) is 4.90 Å². The molecule has 17 heavy (non-hydrogen) atoms. The maximum atomic E-state index is 12.0. The van der Waals surface area contributed by atoms with Crippen molar-refractivity contribution >= 4 is 5.91 Å². The van der Waals surface area contributed by atoms with Crippen molar-refractivity contribution in [2.45, 2.75) is 26.4 Å². The summed E-state index contributed by atoms with van der Waals surface area (Å²) in [7, 11) is 1.62. The summed E-state index contributed by atoms with van der Waals surface area (Å²) in [6, 6.07) is 4.80. The van der Waals surface area contributed by atoms with E-state index in [4.69, 9.17) is 0 Å². The number of phenolic OH excluding ortho intramolecular Hbond substituents is 1. The molecule has 0 saturated heterocycles. The van der Waals surface area contributed by atoms with Gasteiger partial charge in [0.05, 0.1) is 5.60 Å². The van der Waals surface area contributed by atoms with Gasteiger partial charge in [-0.1, -0.05) is 6.07 Å². The molecule has 0 saturated carbocycles. The van der Waals surface area contributed by atoms with Crippen LogP contribution in [0.5, 0.6) is 5.75 Å². The fraction of sp³-hybridized carbons (Fsp3) is 0.462. The Hall–Kier alpha value is -1.55. The average Bonchev–Trinajstić information content (AvgIpc) is 2.18. The van der Waals surface area contributed by atoms with E-state index in [0.29, 0.717) is 5.56 Å². The van der Waals surface area contributed by atoms with Crippen LogP contribution in [-0.4, -0.2) is 40.2 Å². The molecule has 0 bridgehead atoms. The number of nitrogens with zero attached hydrogens (tertiary/aromatic N) is 1. The lowest BCUT2D eigenvalue weighted by molar-refractivity contribution is 0.0368. The minimum absolute atomic E-state index is 0.104. The van der Waals surface area contributed by atoms with Gasteiger partial charge in [0.1, 0.15) is 5.75 Å². The number of hydrogen-bond acceptors (Lipinski definition) is 3. The van der Waals surface area contributed by atoms with Crippen LogP contribution in [0.4, 0.5) is 0 Å². The molecule has 94 valence electrons. The molecule has 0 atom stereocenters. The third kappa shape index (κ3) is 3.75. The number of carbonyl (C=O) groups is 1. The highest BCUT2D eigenvalue weighted by molar-refractivity contribution is 5.94. The highest BCUT2D eigenvalue weighted by Gasteiger charge is 2.20. The van der Waals surface area contributed by atoms with Gasteiger partial charge in [-0.05, 0) is 38.5 Å². The van der Waals surface area contributed by atoms with Gasteiger partial charge in [-0.3, -0.25) is 4.79 Å².